The maximum atomic E-state index is 12.3. The van der Waals surface area contributed by atoms with Crippen LogP contribution in [0.3, 0.4) is 0 Å². The molecule has 0 aliphatic carbocycles. The van der Waals surface area contributed by atoms with Crippen LogP contribution in [0.25, 0.3) is 11.0 Å². The number of carbonyl (C=O) groups is 1. The van der Waals surface area contributed by atoms with Crippen LogP contribution in [0.15, 0.2) is 12.1 Å². The van der Waals surface area contributed by atoms with Crippen LogP contribution >= 0.6 is 11.6 Å². The topological polar surface area (TPSA) is 59.4 Å². The lowest BCUT2D eigenvalue weighted by Crippen LogP contribution is -2.49. The molecule has 1 unspecified atom stereocenters. The molecule has 0 radical (unpaired) electrons. The van der Waals surface area contributed by atoms with Gasteiger partial charge in [0.15, 0.2) is 5.78 Å². The van der Waals surface area contributed by atoms with Gasteiger partial charge in [0, 0.05) is 32.6 Å². The average molecular weight is 321 g/mol. The summed E-state index contributed by atoms with van der Waals surface area (Å²) in [6.07, 6.45) is 0.463. The molecule has 7 heteroatoms. The van der Waals surface area contributed by atoms with Crippen molar-refractivity contribution in [3.8, 4) is 5.75 Å². The summed E-state index contributed by atoms with van der Waals surface area (Å²) in [6, 6.07) is 3.72. The van der Waals surface area contributed by atoms with E-state index >= 15 is 0 Å². The lowest BCUT2D eigenvalue weighted by molar-refractivity contribution is 0.0970. The Labute approximate surface area is 133 Å². The third-order valence-electron chi connectivity index (χ3n) is 4.35. The number of nitrogens with zero attached hydrogens (tertiary/aromatic N) is 3. The molecule has 1 aromatic carbocycles. The number of halogens is 1. The lowest BCUT2D eigenvalue weighted by atomic mass is 10.0. The zero-order valence-electron chi connectivity index (χ0n) is 12.3. The van der Waals surface area contributed by atoms with E-state index in [2.05, 4.69) is 14.8 Å². The summed E-state index contributed by atoms with van der Waals surface area (Å²) in [4.78, 5) is 19.2. The van der Waals surface area contributed by atoms with E-state index < -0.39 is 0 Å². The summed E-state index contributed by atoms with van der Waals surface area (Å²) in [6.45, 7) is 3.04. The second kappa shape index (κ2) is 5.14. The van der Waals surface area contributed by atoms with Crippen LogP contribution in [0, 0.1) is 0 Å². The molecule has 6 nitrogen and oxygen atoms in total. The molecule has 0 saturated carbocycles. The number of imidazole rings is 1. The Bertz CT molecular complexity index is 758. The van der Waals surface area contributed by atoms with Gasteiger partial charge in [-0.2, -0.15) is 0 Å². The largest absolute Gasteiger partial charge is 0.496 e. The van der Waals surface area contributed by atoms with Crippen molar-refractivity contribution in [3.05, 3.63) is 17.7 Å². The van der Waals surface area contributed by atoms with Gasteiger partial charge in [-0.25, -0.2) is 4.98 Å². The second-order valence-corrected chi connectivity index (χ2v) is 6.08. The highest BCUT2D eigenvalue weighted by atomic mass is 35.5. The molecule has 2 aliphatic heterocycles. The summed E-state index contributed by atoms with van der Waals surface area (Å²) >= 11 is 6.44. The highest BCUT2D eigenvalue weighted by Crippen LogP contribution is 2.36. The van der Waals surface area contributed by atoms with Crippen LogP contribution in [-0.4, -0.2) is 47.6 Å². The Balaban J connectivity index is 1.94. The Hall–Kier alpha value is -1.79. The number of aryl methyl sites for hydroxylation is 1. The van der Waals surface area contributed by atoms with Crippen LogP contribution in [-0.2, 0) is 6.54 Å². The van der Waals surface area contributed by atoms with Crippen LogP contribution in [0.2, 0.25) is 0 Å². The van der Waals surface area contributed by atoms with Gasteiger partial charge < -0.3 is 19.5 Å². The fraction of sp³-hybridized carbons (Fsp3) is 0.467. The number of ether oxygens (including phenoxy) is 1. The predicted molar refractivity (Wildman–Crippen MR) is 85.1 cm³/mol. The first-order chi connectivity index (χ1) is 10.7. The molecule has 1 aromatic heterocycles. The van der Waals surface area contributed by atoms with Crippen molar-refractivity contribution in [1.29, 1.82) is 0 Å². The zero-order valence-corrected chi connectivity index (χ0v) is 13.1. The predicted octanol–water partition coefficient (Wildman–Crippen LogP) is 1.61. The van der Waals surface area contributed by atoms with Gasteiger partial charge in [-0.3, -0.25) is 4.79 Å². The number of methoxy groups -OCH3 is 1. The summed E-state index contributed by atoms with van der Waals surface area (Å²) < 4.78 is 7.47. The number of anilines is 1. The molecule has 2 aromatic rings. The van der Waals surface area contributed by atoms with E-state index in [0.29, 0.717) is 24.3 Å². The van der Waals surface area contributed by atoms with E-state index in [0.717, 1.165) is 36.6 Å². The molecule has 3 heterocycles. The summed E-state index contributed by atoms with van der Waals surface area (Å²) in [7, 11) is 1.59. The van der Waals surface area contributed by atoms with Crippen LogP contribution in [0.1, 0.15) is 16.8 Å². The standard InChI is InChI=1S/C15H17ClN4O2/c1-22-11-3-2-9-14-13(11)10(21)4-6-20(14)15(18-9)19-7-5-17-8-12(19)16/h2-3,12,17H,4-8H2,1H3. The number of Topliss-reactive ketones (excluding diaryl/α,β-unsaturated/α-hetero) is 1. The van der Waals surface area contributed by atoms with Crippen molar-refractivity contribution in [3.63, 3.8) is 0 Å². The van der Waals surface area contributed by atoms with E-state index in [1.165, 1.54) is 0 Å². The van der Waals surface area contributed by atoms with Gasteiger partial charge in [0.05, 0.1) is 23.7 Å². The van der Waals surface area contributed by atoms with Gasteiger partial charge in [0.1, 0.15) is 11.3 Å². The van der Waals surface area contributed by atoms with Crippen molar-refractivity contribution in [2.75, 3.05) is 31.6 Å². The maximum Gasteiger partial charge on any atom is 0.207 e. The molecule has 4 rings (SSSR count). The maximum absolute atomic E-state index is 12.3. The third-order valence-corrected chi connectivity index (χ3v) is 4.74. The molecular weight excluding hydrogens is 304 g/mol. The van der Waals surface area contributed by atoms with Gasteiger partial charge in [0.2, 0.25) is 5.95 Å². The van der Waals surface area contributed by atoms with Crippen LogP contribution < -0.4 is 15.0 Å². The Morgan fingerprint density at radius 1 is 1.41 bits per heavy atom. The van der Waals surface area contributed by atoms with E-state index in [9.17, 15) is 4.79 Å². The molecule has 1 saturated heterocycles. The highest BCUT2D eigenvalue weighted by Gasteiger charge is 2.31. The number of hydrogen-bond acceptors (Lipinski definition) is 5. The lowest BCUT2D eigenvalue weighted by Gasteiger charge is -2.33. The van der Waals surface area contributed by atoms with Crippen LogP contribution in [0.5, 0.6) is 5.75 Å². The first kappa shape index (κ1) is 13.8. The minimum absolute atomic E-state index is 0.115. The quantitative estimate of drug-likeness (QED) is 0.673. The fourth-order valence-corrected chi connectivity index (χ4v) is 3.59. The summed E-state index contributed by atoms with van der Waals surface area (Å²) in [5.41, 5.74) is 2.20. The highest BCUT2D eigenvalue weighted by molar-refractivity contribution is 6.22. The minimum atomic E-state index is -0.134. The van der Waals surface area contributed by atoms with E-state index in [1.807, 2.05) is 12.1 Å². The summed E-state index contributed by atoms with van der Waals surface area (Å²) in [5, 5.41) is 3.27. The number of alkyl halides is 1. The van der Waals surface area contributed by atoms with Gasteiger partial charge in [-0.05, 0) is 12.1 Å². The third kappa shape index (κ3) is 1.90. The minimum Gasteiger partial charge on any atom is -0.496 e. The smallest absolute Gasteiger partial charge is 0.207 e. The number of ketones is 1. The molecule has 0 amide bonds. The Morgan fingerprint density at radius 3 is 3.05 bits per heavy atom. The number of hydrogen-bond donors (Lipinski definition) is 1. The van der Waals surface area contributed by atoms with Crippen LogP contribution in [0.4, 0.5) is 5.95 Å². The molecule has 1 N–H and O–H groups in total. The van der Waals surface area contributed by atoms with Crippen molar-refractivity contribution < 1.29 is 9.53 Å². The molecular formula is C15H17ClN4O2. The number of benzene rings is 1. The van der Waals surface area contributed by atoms with Crippen molar-refractivity contribution in [1.82, 2.24) is 14.9 Å². The van der Waals surface area contributed by atoms with Crippen molar-refractivity contribution >= 4 is 34.4 Å². The molecule has 116 valence electrons. The summed E-state index contributed by atoms with van der Waals surface area (Å²) in [5.74, 6) is 1.58. The van der Waals surface area contributed by atoms with Gasteiger partial charge in [0.25, 0.3) is 0 Å². The Morgan fingerprint density at radius 2 is 2.27 bits per heavy atom. The number of rotatable bonds is 2. The molecule has 0 bridgehead atoms. The first-order valence-electron chi connectivity index (χ1n) is 7.42. The average Bonchev–Trinajstić information content (AvgIpc) is 2.90. The number of carbonyl (C=O) groups excluding carboxylic acids is 1. The number of nitrogens with one attached hydrogen (secondary N) is 1. The van der Waals surface area contributed by atoms with Gasteiger partial charge in [-0.15, -0.1) is 0 Å². The monoisotopic (exact) mass is 320 g/mol. The second-order valence-electron chi connectivity index (χ2n) is 5.58. The normalized spacial score (nSPS) is 21.5. The zero-order chi connectivity index (χ0) is 15.3. The van der Waals surface area contributed by atoms with Gasteiger partial charge >= 0.3 is 0 Å². The van der Waals surface area contributed by atoms with E-state index in [-0.39, 0.29) is 11.3 Å². The van der Waals surface area contributed by atoms with E-state index in [1.54, 1.807) is 7.11 Å². The number of piperazine rings is 1. The van der Waals surface area contributed by atoms with Crippen molar-refractivity contribution in [2.24, 2.45) is 0 Å². The fourth-order valence-electron chi connectivity index (χ4n) is 3.30. The molecule has 1 fully saturated rings. The van der Waals surface area contributed by atoms with E-state index in [4.69, 9.17) is 21.3 Å². The van der Waals surface area contributed by atoms with Gasteiger partial charge in [-0.1, -0.05) is 11.6 Å². The molecule has 0 spiro atoms. The molecule has 1 atom stereocenters. The first-order valence-corrected chi connectivity index (χ1v) is 7.86. The number of aromatic nitrogens is 2. The van der Waals surface area contributed by atoms with Crippen molar-refractivity contribution in [2.45, 2.75) is 18.5 Å². The molecule has 22 heavy (non-hydrogen) atoms. The SMILES string of the molecule is COc1ccc2nc(N3CCNCC3Cl)n3c2c1C(=O)CC3. The molecule has 2 aliphatic rings. The Kier molecular flexibility index (Phi) is 3.23.